The molecule has 19 heteroatoms. The van der Waals surface area contributed by atoms with Gasteiger partial charge in [-0.15, -0.1) is 5.10 Å². The van der Waals surface area contributed by atoms with Crippen molar-refractivity contribution in [2.24, 2.45) is 0 Å². The highest BCUT2D eigenvalue weighted by Gasteiger charge is 2.45. The molecule has 320 valence electrons. The molecule has 3 aliphatic rings. The Balaban J connectivity index is 0.718. The van der Waals surface area contributed by atoms with Gasteiger partial charge in [-0.05, 0) is 61.7 Å². The van der Waals surface area contributed by atoms with Crippen LogP contribution in [0.15, 0.2) is 91.6 Å². The molecule has 0 saturated carbocycles. The molecule has 0 aliphatic carbocycles. The van der Waals surface area contributed by atoms with E-state index in [2.05, 4.69) is 57.3 Å². The zero-order valence-corrected chi connectivity index (χ0v) is 34.1. The minimum absolute atomic E-state index is 0.0100. The second-order valence-electron chi connectivity index (χ2n) is 15.7. The van der Waals surface area contributed by atoms with E-state index >= 15 is 0 Å². The van der Waals surface area contributed by atoms with Crippen LogP contribution in [0.5, 0.6) is 0 Å². The molecular formula is C44H43N13O6. The van der Waals surface area contributed by atoms with E-state index in [0.29, 0.717) is 36.2 Å². The number of carbonyl (C=O) groups is 6. The first kappa shape index (κ1) is 40.7. The molecule has 1 atom stereocenters. The molecule has 3 aromatic heterocycles. The minimum atomic E-state index is -1.10. The smallest absolute Gasteiger partial charge is 0.264 e. The number of hydrogen-bond acceptors (Lipinski definition) is 13. The number of piperidine rings is 1. The molecule has 3 aliphatic heterocycles. The Bertz CT molecular complexity index is 2740. The SMILES string of the molecule is O=C1CCC(N2C(=O)c3cccc(NC(=O)CCCCn4cc(CNC(=O)c5ccc6c(N7CCN(Cc8cnn(-c9ccccc9)c8)CC7)ncnc6c5)nn4)c3C2=O)C(=O)N1. The Hall–Kier alpha value is -7.67. The van der Waals surface area contributed by atoms with Crippen molar-refractivity contribution >= 4 is 57.9 Å². The number of para-hydroxylation sites is 1. The lowest BCUT2D eigenvalue weighted by atomic mass is 10.0. The minimum Gasteiger partial charge on any atom is -0.353 e. The Labute approximate surface area is 360 Å². The largest absolute Gasteiger partial charge is 0.353 e. The molecule has 19 nitrogen and oxygen atoms in total. The summed E-state index contributed by atoms with van der Waals surface area (Å²) in [4.78, 5) is 91.2. The van der Waals surface area contributed by atoms with E-state index in [1.54, 1.807) is 29.1 Å². The van der Waals surface area contributed by atoms with Gasteiger partial charge in [-0.2, -0.15) is 5.10 Å². The number of piperazine rings is 1. The van der Waals surface area contributed by atoms with Gasteiger partial charge in [-0.3, -0.25) is 48.6 Å². The molecular weight excluding hydrogens is 807 g/mol. The van der Waals surface area contributed by atoms with Gasteiger partial charge in [0.15, 0.2) is 0 Å². The number of nitrogens with one attached hydrogen (secondary N) is 3. The molecule has 2 fully saturated rings. The molecule has 6 aromatic rings. The van der Waals surface area contributed by atoms with Gasteiger partial charge in [-0.1, -0.05) is 29.5 Å². The fourth-order valence-electron chi connectivity index (χ4n) is 8.17. The quantitative estimate of drug-likeness (QED) is 0.106. The Morgan fingerprint density at radius 1 is 0.873 bits per heavy atom. The monoisotopic (exact) mass is 849 g/mol. The number of unbranched alkanes of at least 4 members (excludes halogenated alkanes) is 1. The maximum absolute atomic E-state index is 13.3. The van der Waals surface area contributed by atoms with E-state index in [9.17, 15) is 28.8 Å². The second-order valence-corrected chi connectivity index (χ2v) is 15.7. The van der Waals surface area contributed by atoms with Crippen molar-refractivity contribution < 1.29 is 28.8 Å². The molecule has 1 unspecified atom stereocenters. The summed E-state index contributed by atoms with van der Waals surface area (Å²) in [7, 11) is 0. The van der Waals surface area contributed by atoms with Crippen molar-refractivity contribution in [3.8, 4) is 5.69 Å². The van der Waals surface area contributed by atoms with E-state index in [1.165, 1.54) is 18.5 Å². The number of imide groups is 2. The van der Waals surface area contributed by atoms with Gasteiger partial charge >= 0.3 is 0 Å². The standard InChI is InChI=1S/C44H43N13O6/c58-37(49-34-10-6-9-33-39(34)44(63)57(43(33)62)36-14-15-38(59)50-42(36)61)11-4-5-16-55-26-30(51-52-55)23-45-41(60)29-12-13-32-35(21-29)46-27-47-40(32)54-19-17-53(18-20-54)24-28-22-48-56(25-28)31-7-2-1-3-8-31/h1-3,6-10,12-13,21-22,25-27,36H,4-5,11,14-20,23-24H2,(H,45,60)(H,49,58)(H,50,59,61). The first-order valence-electron chi connectivity index (χ1n) is 20.8. The number of rotatable bonds is 14. The van der Waals surface area contributed by atoms with Crippen molar-refractivity contribution in [1.82, 2.24) is 55.2 Å². The molecule has 0 spiro atoms. The molecule has 63 heavy (non-hydrogen) atoms. The molecule has 3 N–H and O–H groups in total. The van der Waals surface area contributed by atoms with Gasteiger partial charge in [0.25, 0.3) is 17.7 Å². The Kier molecular flexibility index (Phi) is 11.5. The number of anilines is 2. The van der Waals surface area contributed by atoms with Gasteiger partial charge in [-0.25, -0.2) is 14.6 Å². The topological polar surface area (TPSA) is 223 Å². The van der Waals surface area contributed by atoms with Crippen molar-refractivity contribution in [3.05, 3.63) is 120 Å². The fourth-order valence-corrected chi connectivity index (χ4v) is 8.17. The van der Waals surface area contributed by atoms with E-state index in [1.807, 2.05) is 47.3 Å². The number of amides is 6. The van der Waals surface area contributed by atoms with Gasteiger partial charge in [0, 0.05) is 74.8 Å². The number of aromatic nitrogens is 7. The molecule has 3 aromatic carbocycles. The van der Waals surface area contributed by atoms with Gasteiger partial charge in [0.1, 0.15) is 23.9 Å². The first-order valence-corrected chi connectivity index (χ1v) is 20.8. The predicted molar refractivity (Wildman–Crippen MR) is 227 cm³/mol. The van der Waals surface area contributed by atoms with E-state index in [0.717, 1.165) is 60.1 Å². The molecule has 2 saturated heterocycles. The van der Waals surface area contributed by atoms with Crippen molar-refractivity contribution in [1.29, 1.82) is 0 Å². The summed E-state index contributed by atoms with van der Waals surface area (Å²) < 4.78 is 3.54. The summed E-state index contributed by atoms with van der Waals surface area (Å²) in [5.74, 6) is -2.28. The number of fused-ring (bicyclic) bond motifs is 2. The maximum atomic E-state index is 13.3. The fraction of sp³-hybridized carbons (Fsp3) is 0.295. The number of nitrogens with zero attached hydrogens (tertiary/aromatic N) is 10. The van der Waals surface area contributed by atoms with E-state index in [-0.39, 0.29) is 54.4 Å². The average molecular weight is 850 g/mol. The van der Waals surface area contributed by atoms with Crippen LogP contribution in [0, 0.1) is 0 Å². The second kappa shape index (κ2) is 17.7. The zero-order valence-electron chi connectivity index (χ0n) is 34.1. The highest BCUT2D eigenvalue weighted by Crippen LogP contribution is 2.33. The van der Waals surface area contributed by atoms with Crippen LogP contribution >= 0.6 is 0 Å². The van der Waals surface area contributed by atoms with Gasteiger partial charge in [0.05, 0.1) is 47.0 Å². The number of aryl methyl sites for hydroxylation is 1. The lowest BCUT2D eigenvalue weighted by Gasteiger charge is -2.35. The molecule has 6 amide bonds. The normalized spacial score (nSPS) is 16.7. The third-order valence-electron chi connectivity index (χ3n) is 11.4. The Morgan fingerprint density at radius 3 is 2.54 bits per heavy atom. The third kappa shape index (κ3) is 8.76. The van der Waals surface area contributed by atoms with E-state index in [4.69, 9.17) is 0 Å². The maximum Gasteiger partial charge on any atom is 0.264 e. The summed E-state index contributed by atoms with van der Waals surface area (Å²) >= 11 is 0. The molecule has 0 bridgehead atoms. The molecule has 6 heterocycles. The summed E-state index contributed by atoms with van der Waals surface area (Å²) in [5.41, 5.74) is 4.18. The van der Waals surface area contributed by atoms with Crippen LogP contribution in [0.1, 0.15) is 74.4 Å². The van der Waals surface area contributed by atoms with Crippen LogP contribution in [-0.4, -0.2) is 112 Å². The van der Waals surface area contributed by atoms with Crippen LogP contribution < -0.4 is 20.9 Å². The first-order chi connectivity index (χ1) is 30.7. The molecule has 0 radical (unpaired) electrons. The van der Waals surface area contributed by atoms with Crippen LogP contribution in [0.25, 0.3) is 16.6 Å². The summed E-state index contributed by atoms with van der Waals surface area (Å²) in [5, 5.41) is 21.6. The summed E-state index contributed by atoms with van der Waals surface area (Å²) in [6.45, 7) is 4.79. The lowest BCUT2D eigenvalue weighted by molar-refractivity contribution is -0.136. The van der Waals surface area contributed by atoms with Crippen molar-refractivity contribution in [2.45, 2.75) is 57.8 Å². The zero-order chi connectivity index (χ0) is 43.5. The van der Waals surface area contributed by atoms with Crippen LogP contribution in [0.4, 0.5) is 11.5 Å². The Morgan fingerprint density at radius 2 is 1.71 bits per heavy atom. The summed E-state index contributed by atoms with van der Waals surface area (Å²) in [6, 6.07) is 19.0. The predicted octanol–water partition coefficient (Wildman–Crippen LogP) is 2.87. The average Bonchev–Trinajstić information content (AvgIpc) is 4.03. The van der Waals surface area contributed by atoms with Crippen LogP contribution in [0.2, 0.25) is 0 Å². The van der Waals surface area contributed by atoms with Gasteiger partial charge < -0.3 is 15.5 Å². The lowest BCUT2D eigenvalue weighted by Crippen LogP contribution is -2.54. The third-order valence-corrected chi connectivity index (χ3v) is 11.4. The highest BCUT2D eigenvalue weighted by molar-refractivity contribution is 6.26. The summed E-state index contributed by atoms with van der Waals surface area (Å²) in [6.07, 6.45) is 8.54. The van der Waals surface area contributed by atoms with Gasteiger partial charge in [0.2, 0.25) is 17.7 Å². The molecule has 9 rings (SSSR count). The number of hydrogen-bond donors (Lipinski definition) is 3. The van der Waals surface area contributed by atoms with Crippen molar-refractivity contribution in [3.63, 3.8) is 0 Å². The van der Waals surface area contributed by atoms with Crippen LogP contribution in [-0.2, 0) is 34.0 Å². The van der Waals surface area contributed by atoms with E-state index < -0.39 is 29.7 Å². The van der Waals surface area contributed by atoms with Crippen LogP contribution in [0.3, 0.4) is 0 Å². The number of carbonyl (C=O) groups excluding carboxylic acids is 6. The van der Waals surface area contributed by atoms with Crippen molar-refractivity contribution in [2.75, 3.05) is 36.4 Å². The highest BCUT2D eigenvalue weighted by atomic mass is 16.2. The number of benzene rings is 3.